The average molecular weight is 294 g/mol. The molecule has 1 rings (SSSR count). The van der Waals surface area contributed by atoms with Crippen molar-refractivity contribution in [3.8, 4) is 0 Å². The van der Waals surface area contributed by atoms with E-state index in [9.17, 15) is 9.59 Å². The minimum absolute atomic E-state index is 0.128. The zero-order valence-electron chi connectivity index (χ0n) is 12.7. The molecule has 21 heavy (non-hydrogen) atoms. The Morgan fingerprint density at radius 2 is 2.05 bits per heavy atom. The number of benzene rings is 1. The highest BCUT2D eigenvalue weighted by atomic mass is 16.5. The van der Waals surface area contributed by atoms with Crippen LogP contribution >= 0.6 is 0 Å². The van der Waals surface area contributed by atoms with Gasteiger partial charge >= 0.3 is 5.97 Å². The van der Waals surface area contributed by atoms with E-state index in [0.717, 1.165) is 13.0 Å². The Balaban J connectivity index is 2.49. The molecule has 1 N–H and O–H groups in total. The fourth-order valence-corrected chi connectivity index (χ4v) is 1.85. The molecule has 0 aliphatic heterocycles. The van der Waals surface area contributed by atoms with E-state index in [2.05, 4.69) is 10.1 Å². The predicted molar refractivity (Wildman–Crippen MR) is 80.4 cm³/mol. The molecule has 0 aromatic heterocycles. The van der Waals surface area contributed by atoms with Crippen molar-refractivity contribution < 1.29 is 19.1 Å². The van der Waals surface area contributed by atoms with Crippen LogP contribution in [0.5, 0.6) is 0 Å². The maximum Gasteiger partial charge on any atom is 0.337 e. The number of nitrogens with zero attached hydrogens (tertiary/aromatic N) is 1. The van der Waals surface area contributed by atoms with Crippen molar-refractivity contribution in [1.29, 1.82) is 0 Å². The number of carbonyl (C=O) groups is 2. The van der Waals surface area contributed by atoms with Gasteiger partial charge in [-0.15, -0.1) is 0 Å². The first-order valence-electron chi connectivity index (χ1n) is 6.72. The van der Waals surface area contributed by atoms with Gasteiger partial charge in [0.05, 0.1) is 19.2 Å². The van der Waals surface area contributed by atoms with Gasteiger partial charge < -0.3 is 14.8 Å². The number of rotatable bonds is 8. The maximum atomic E-state index is 11.9. The number of amides is 1. The lowest BCUT2D eigenvalue weighted by Crippen LogP contribution is -2.31. The molecule has 0 saturated carbocycles. The molecule has 1 amide bonds. The summed E-state index contributed by atoms with van der Waals surface area (Å²) in [6.07, 6.45) is 0.873. The Bertz CT molecular complexity index is 476. The van der Waals surface area contributed by atoms with E-state index in [1.54, 1.807) is 31.4 Å². The lowest BCUT2D eigenvalue weighted by molar-refractivity contribution is -0.117. The second-order valence-electron chi connectivity index (χ2n) is 4.70. The van der Waals surface area contributed by atoms with Gasteiger partial charge in [0.1, 0.15) is 0 Å². The molecule has 0 spiro atoms. The summed E-state index contributed by atoms with van der Waals surface area (Å²) in [6, 6.07) is 6.66. The Hall–Kier alpha value is -1.92. The van der Waals surface area contributed by atoms with Crippen LogP contribution in [0.3, 0.4) is 0 Å². The summed E-state index contributed by atoms with van der Waals surface area (Å²) >= 11 is 0. The van der Waals surface area contributed by atoms with E-state index in [-0.39, 0.29) is 12.5 Å². The smallest absolute Gasteiger partial charge is 0.337 e. The van der Waals surface area contributed by atoms with Gasteiger partial charge in [0.15, 0.2) is 0 Å². The number of likely N-dealkylation sites (N-methyl/N-ethyl adjacent to an activating group) is 1. The Kier molecular flexibility index (Phi) is 7.42. The monoisotopic (exact) mass is 294 g/mol. The summed E-state index contributed by atoms with van der Waals surface area (Å²) < 4.78 is 9.61. The molecule has 0 unspecified atom stereocenters. The van der Waals surface area contributed by atoms with Crippen molar-refractivity contribution in [3.05, 3.63) is 29.8 Å². The summed E-state index contributed by atoms with van der Waals surface area (Å²) in [7, 11) is 4.85. The van der Waals surface area contributed by atoms with Crippen molar-refractivity contribution in [1.82, 2.24) is 4.90 Å². The Morgan fingerprint density at radius 3 is 2.71 bits per heavy atom. The van der Waals surface area contributed by atoms with Crippen LogP contribution in [0.15, 0.2) is 24.3 Å². The first-order chi connectivity index (χ1) is 10.1. The van der Waals surface area contributed by atoms with Gasteiger partial charge in [-0.25, -0.2) is 4.79 Å². The molecule has 0 radical (unpaired) electrons. The highest BCUT2D eigenvalue weighted by Crippen LogP contribution is 2.11. The molecular formula is C15H22N2O4. The number of nitrogens with one attached hydrogen (secondary N) is 1. The van der Waals surface area contributed by atoms with E-state index in [4.69, 9.17) is 4.74 Å². The summed E-state index contributed by atoms with van der Waals surface area (Å²) in [6.45, 7) is 1.74. The van der Waals surface area contributed by atoms with Crippen LogP contribution in [-0.2, 0) is 14.3 Å². The summed E-state index contributed by atoms with van der Waals surface area (Å²) in [5.41, 5.74) is 0.983. The molecule has 0 atom stereocenters. The topological polar surface area (TPSA) is 67.9 Å². The number of hydrogen-bond acceptors (Lipinski definition) is 5. The van der Waals surface area contributed by atoms with Crippen LogP contribution < -0.4 is 5.32 Å². The van der Waals surface area contributed by atoms with E-state index in [1.807, 2.05) is 11.9 Å². The molecular weight excluding hydrogens is 272 g/mol. The van der Waals surface area contributed by atoms with Crippen LogP contribution in [0.2, 0.25) is 0 Å². The largest absolute Gasteiger partial charge is 0.465 e. The van der Waals surface area contributed by atoms with Crippen LogP contribution in [0.25, 0.3) is 0 Å². The molecule has 1 aromatic carbocycles. The van der Waals surface area contributed by atoms with Crippen LogP contribution in [-0.4, -0.2) is 57.7 Å². The third-order valence-corrected chi connectivity index (χ3v) is 2.87. The zero-order chi connectivity index (χ0) is 15.7. The second-order valence-corrected chi connectivity index (χ2v) is 4.70. The lowest BCUT2D eigenvalue weighted by atomic mass is 10.2. The van der Waals surface area contributed by atoms with Gasteiger partial charge in [0.25, 0.3) is 0 Å². The number of carbonyl (C=O) groups excluding carboxylic acids is 2. The van der Waals surface area contributed by atoms with Gasteiger partial charge in [0.2, 0.25) is 5.91 Å². The summed E-state index contributed by atoms with van der Waals surface area (Å²) in [5, 5.41) is 2.76. The highest BCUT2D eigenvalue weighted by Gasteiger charge is 2.09. The Labute approximate surface area is 125 Å². The molecule has 0 bridgehead atoms. The maximum absolute atomic E-state index is 11.9. The van der Waals surface area contributed by atoms with Crippen molar-refractivity contribution in [3.63, 3.8) is 0 Å². The minimum Gasteiger partial charge on any atom is -0.465 e. The molecule has 116 valence electrons. The van der Waals surface area contributed by atoms with Gasteiger partial charge in [-0.05, 0) is 31.7 Å². The van der Waals surface area contributed by atoms with E-state index >= 15 is 0 Å². The van der Waals surface area contributed by atoms with Crippen molar-refractivity contribution >= 4 is 17.6 Å². The van der Waals surface area contributed by atoms with Crippen molar-refractivity contribution in [2.75, 3.05) is 46.3 Å². The van der Waals surface area contributed by atoms with Crippen LogP contribution in [0.1, 0.15) is 16.8 Å². The van der Waals surface area contributed by atoms with Crippen molar-refractivity contribution in [2.45, 2.75) is 6.42 Å². The minimum atomic E-state index is -0.428. The molecule has 0 aliphatic rings. The number of ether oxygens (including phenoxy) is 2. The summed E-state index contributed by atoms with van der Waals surface area (Å²) in [5.74, 6) is -0.556. The quantitative estimate of drug-likeness (QED) is 0.579. The third kappa shape index (κ3) is 6.37. The van der Waals surface area contributed by atoms with Gasteiger partial charge in [-0.1, -0.05) is 6.07 Å². The van der Waals surface area contributed by atoms with Gasteiger partial charge in [-0.3, -0.25) is 9.69 Å². The number of esters is 1. The van der Waals surface area contributed by atoms with Crippen LogP contribution in [0.4, 0.5) is 5.69 Å². The normalized spacial score (nSPS) is 10.5. The first-order valence-corrected chi connectivity index (χ1v) is 6.72. The van der Waals surface area contributed by atoms with E-state index in [0.29, 0.717) is 17.9 Å². The fraction of sp³-hybridized carbons (Fsp3) is 0.467. The number of hydrogen-bond donors (Lipinski definition) is 1. The molecule has 1 aromatic rings. The molecule has 6 heteroatoms. The lowest BCUT2D eigenvalue weighted by Gasteiger charge is -2.16. The Morgan fingerprint density at radius 1 is 1.29 bits per heavy atom. The van der Waals surface area contributed by atoms with Gasteiger partial charge in [-0.2, -0.15) is 0 Å². The summed E-state index contributed by atoms with van der Waals surface area (Å²) in [4.78, 5) is 25.2. The van der Waals surface area contributed by atoms with E-state index in [1.165, 1.54) is 7.11 Å². The van der Waals surface area contributed by atoms with Gasteiger partial charge in [0, 0.05) is 25.9 Å². The highest BCUT2D eigenvalue weighted by molar-refractivity contribution is 5.95. The third-order valence-electron chi connectivity index (χ3n) is 2.87. The van der Waals surface area contributed by atoms with E-state index < -0.39 is 5.97 Å². The average Bonchev–Trinajstić information content (AvgIpc) is 2.46. The van der Waals surface area contributed by atoms with Crippen molar-refractivity contribution in [2.24, 2.45) is 0 Å². The molecule has 0 heterocycles. The number of anilines is 1. The number of methoxy groups -OCH3 is 2. The fourth-order valence-electron chi connectivity index (χ4n) is 1.85. The predicted octanol–water partition coefficient (Wildman–Crippen LogP) is 1.38. The first kappa shape index (κ1) is 17.1. The zero-order valence-corrected chi connectivity index (χ0v) is 12.7. The molecule has 0 saturated heterocycles. The molecule has 6 nitrogen and oxygen atoms in total. The molecule has 0 fully saturated rings. The molecule has 0 aliphatic carbocycles. The SMILES string of the molecule is COCCCN(C)CC(=O)Nc1cccc(C(=O)OC)c1. The van der Waals surface area contributed by atoms with Crippen LogP contribution in [0, 0.1) is 0 Å². The second kappa shape index (κ2) is 9.10. The standard InChI is InChI=1S/C15H22N2O4/c1-17(8-5-9-20-2)11-14(18)16-13-7-4-6-12(10-13)15(19)21-3/h4,6-7,10H,5,8-9,11H2,1-3H3,(H,16,18).